The van der Waals surface area contributed by atoms with E-state index in [9.17, 15) is 0 Å². The van der Waals surface area contributed by atoms with E-state index in [1.165, 1.54) is 6.20 Å². The van der Waals surface area contributed by atoms with Crippen LogP contribution in [-0.4, -0.2) is 7.05 Å². The van der Waals surface area contributed by atoms with Gasteiger partial charge in [0, 0.05) is 18.4 Å². The highest BCUT2D eigenvalue weighted by atomic mass is 15.1. The first-order chi connectivity index (χ1) is 7.29. The fourth-order valence-electron chi connectivity index (χ4n) is 1.30. The molecule has 0 spiro atoms. The second-order valence-electron chi connectivity index (χ2n) is 3.08. The normalized spacial score (nSPS) is 11.7. The molecule has 2 N–H and O–H groups in total. The lowest BCUT2D eigenvalue weighted by Gasteiger charge is -2.20. The Morgan fingerprint density at radius 1 is 1.33 bits per heavy atom. The number of rotatable bonds is 4. The molecule has 0 unspecified atom stereocenters. The molecular formula is C13H16N2. The van der Waals surface area contributed by atoms with E-state index in [0.29, 0.717) is 0 Å². The van der Waals surface area contributed by atoms with Gasteiger partial charge >= 0.3 is 0 Å². The quantitative estimate of drug-likeness (QED) is 0.757. The van der Waals surface area contributed by atoms with Crippen molar-refractivity contribution >= 4 is 5.69 Å². The van der Waals surface area contributed by atoms with Gasteiger partial charge in [0.15, 0.2) is 0 Å². The topological polar surface area (TPSA) is 29.3 Å². The summed E-state index contributed by atoms with van der Waals surface area (Å²) < 4.78 is 0. The molecule has 1 aromatic carbocycles. The molecule has 0 saturated heterocycles. The SMILES string of the molecule is C=C/C=C(\C=C/N)N(C)c1ccccc1. The van der Waals surface area contributed by atoms with Gasteiger partial charge in [-0.15, -0.1) is 0 Å². The summed E-state index contributed by atoms with van der Waals surface area (Å²) in [7, 11) is 1.99. The van der Waals surface area contributed by atoms with Crippen LogP contribution in [0.4, 0.5) is 5.69 Å². The average molecular weight is 200 g/mol. The molecule has 0 aliphatic rings. The van der Waals surface area contributed by atoms with Crippen molar-refractivity contribution in [1.82, 2.24) is 0 Å². The Labute approximate surface area is 91.0 Å². The number of hydrogen-bond donors (Lipinski definition) is 1. The highest BCUT2D eigenvalue weighted by Gasteiger charge is 2.01. The first-order valence-electron chi connectivity index (χ1n) is 4.79. The molecule has 1 aromatic rings. The van der Waals surface area contributed by atoms with Gasteiger partial charge in [-0.05, 0) is 30.5 Å². The van der Waals surface area contributed by atoms with Crippen LogP contribution in [0.5, 0.6) is 0 Å². The smallest absolute Gasteiger partial charge is 0.0422 e. The van der Waals surface area contributed by atoms with Crippen LogP contribution in [0.1, 0.15) is 0 Å². The van der Waals surface area contributed by atoms with Crippen molar-refractivity contribution in [3.8, 4) is 0 Å². The van der Waals surface area contributed by atoms with E-state index in [0.717, 1.165) is 11.4 Å². The summed E-state index contributed by atoms with van der Waals surface area (Å²) in [4.78, 5) is 2.05. The summed E-state index contributed by atoms with van der Waals surface area (Å²) in [6.07, 6.45) is 7.02. The Morgan fingerprint density at radius 3 is 2.53 bits per heavy atom. The van der Waals surface area contributed by atoms with Crippen LogP contribution >= 0.6 is 0 Å². The van der Waals surface area contributed by atoms with E-state index in [2.05, 4.69) is 6.58 Å². The summed E-state index contributed by atoms with van der Waals surface area (Å²) >= 11 is 0. The van der Waals surface area contributed by atoms with E-state index in [4.69, 9.17) is 5.73 Å². The fraction of sp³-hybridized carbons (Fsp3) is 0.0769. The third kappa shape index (κ3) is 3.02. The first-order valence-corrected chi connectivity index (χ1v) is 4.79. The number of allylic oxidation sites excluding steroid dienone is 3. The summed E-state index contributed by atoms with van der Waals surface area (Å²) in [6, 6.07) is 10.1. The maximum Gasteiger partial charge on any atom is 0.0422 e. The van der Waals surface area contributed by atoms with E-state index >= 15 is 0 Å². The van der Waals surface area contributed by atoms with Gasteiger partial charge in [-0.25, -0.2) is 0 Å². The Morgan fingerprint density at radius 2 is 2.00 bits per heavy atom. The number of para-hydroxylation sites is 1. The third-order valence-electron chi connectivity index (χ3n) is 2.09. The largest absolute Gasteiger partial charge is 0.405 e. The minimum atomic E-state index is 0.999. The minimum Gasteiger partial charge on any atom is -0.405 e. The zero-order valence-electron chi connectivity index (χ0n) is 8.93. The molecule has 0 saturated carbocycles. The molecule has 15 heavy (non-hydrogen) atoms. The summed E-state index contributed by atoms with van der Waals surface area (Å²) in [5, 5.41) is 0. The molecule has 0 bridgehead atoms. The first kappa shape index (κ1) is 11.1. The molecule has 0 heterocycles. The van der Waals surface area contributed by atoms with Crippen molar-refractivity contribution in [3.63, 3.8) is 0 Å². The lowest BCUT2D eigenvalue weighted by Crippen LogP contribution is -2.14. The van der Waals surface area contributed by atoms with E-state index < -0.39 is 0 Å². The highest BCUT2D eigenvalue weighted by Crippen LogP contribution is 2.16. The van der Waals surface area contributed by atoms with Crippen LogP contribution < -0.4 is 10.6 Å². The van der Waals surface area contributed by atoms with Crippen molar-refractivity contribution in [2.24, 2.45) is 5.73 Å². The van der Waals surface area contributed by atoms with E-state index in [-0.39, 0.29) is 0 Å². The van der Waals surface area contributed by atoms with Crippen LogP contribution in [-0.2, 0) is 0 Å². The predicted octanol–water partition coefficient (Wildman–Crippen LogP) is 2.67. The summed E-state index contributed by atoms with van der Waals surface area (Å²) in [5.74, 6) is 0. The van der Waals surface area contributed by atoms with Crippen LogP contribution in [0.2, 0.25) is 0 Å². The van der Waals surface area contributed by atoms with Gasteiger partial charge in [0.1, 0.15) is 0 Å². The number of hydrogen-bond acceptors (Lipinski definition) is 2. The zero-order valence-corrected chi connectivity index (χ0v) is 8.93. The van der Waals surface area contributed by atoms with Gasteiger partial charge < -0.3 is 10.6 Å². The zero-order chi connectivity index (χ0) is 11.1. The van der Waals surface area contributed by atoms with Crippen LogP contribution in [0.15, 0.2) is 67.0 Å². The Balaban J connectivity index is 2.96. The third-order valence-corrected chi connectivity index (χ3v) is 2.09. The maximum absolute atomic E-state index is 5.39. The number of anilines is 1. The molecule has 0 fully saturated rings. The van der Waals surface area contributed by atoms with Crippen LogP contribution in [0.25, 0.3) is 0 Å². The molecule has 0 atom stereocenters. The monoisotopic (exact) mass is 200 g/mol. The lowest BCUT2D eigenvalue weighted by atomic mass is 10.2. The number of benzene rings is 1. The molecule has 0 aromatic heterocycles. The van der Waals surface area contributed by atoms with Gasteiger partial charge in [-0.1, -0.05) is 30.9 Å². The number of nitrogens with zero attached hydrogens (tertiary/aromatic N) is 1. The summed E-state index contributed by atoms with van der Waals surface area (Å²) in [6.45, 7) is 3.68. The van der Waals surface area contributed by atoms with E-state index in [1.807, 2.05) is 54.4 Å². The molecule has 0 aliphatic heterocycles. The van der Waals surface area contributed by atoms with Gasteiger partial charge in [0.25, 0.3) is 0 Å². The number of nitrogens with two attached hydrogens (primary N) is 1. The predicted molar refractivity (Wildman–Crippen MR) is 66.5 cm³/mol. The molecule has 2 heteroatoms. The van der Waals surface area contributed by atoms with Crippen molar-refractivity contribution in [2.75, 3.05) is 11.9 Å². The van der Waals surface area contributed by atoms with Crippen LogP contribution in [0.3, 0.4) is 0 Å². The second-order valence-corrected chi connectivity index (χ2v) is 3.08. The molecular weight excluding hydrogens is 184 g/mol. The molecule has 2 nitrogen and oxygen atoms in total. The Hall–Kier alpha value is -1.96. The second kappa shape index (κ2) is 5.70. The fourth-order valence-corrected chi connectivity index (χ4v) is 1.30. The van der Waals surface area contributed by atoms with Crippen LogP contribution in [0, 0.1) is 0 Å². The van der Waals surface area contributed by atoms with Gasteiger partial charge in [0.05, 0.1) is 0 Å². The molecule has 1 rings (SSSR count). The van der Waals surface area contributed by atoms with Gasteiger partial charge in [0.2, 0.25) is 0 Å². The molecule has 0 amide bonds. The summed E-state index contributed by atoms with van der Waals surface area (Å²) in [5.41, 5.74) is 7.51. The van der Waals surface area contributed by atoms with Crippen molar-refractivity contribution < 1.29 is 0 Å². The Bertz CT molecular complexity index is 363. The van der Waals surface area contributed by atoms with Gasteiger partial charge in [-0.3, -0.25) is 0 Å². The molecule has 0 aliphatic carbocycles. The standard InChI is InChI=1S/C13H16N2/c1-3-7-12(10-11-14)15(2)13-8-5-4-6-9-13/h3-11H,1,14H2,2H3/b11-10-,12-7+. The molecule has 78 valence electrons. The van der Waals surface area contributed by atoms with E-state index in [1.54, 1.807) is 6.08 Å². The average Bonchev–Trinajstić information content (AvgIpc) is 2.29. The lowest BCUT2D eigenvalue weighted by molar-refractivity contribution is 1.13. The van der Waals surface area contributed by atoms with Crippen molar-refractivity contribution in [2.45, 2.75) is 0 Å². The van der Waals surface area contributed by atoms with Crippen molar-refractivity contribution in [1.29, 1.82) is 0 Å². The van der Waals surface area contributed by atoms with Crippen molar-refractivity contribution in [3.05, 3.63) is 67.0 Å². The number of likely N-dealkylation sites (N-methyl/N-ethyl adjacent to an activating group) is 1. The maximum atomic E-state index is 5.39. The van der Waals surface area contributed by atoms with Gasteiger partial charge in [-0.2, -0.15) is 0 Å². The molecule has 0 radical (unpaired) electrons. The highest BCUT2D eigenvalue weighted by molar-refractivity contribution is 5.53. The minimum absolute atomic E-state index is 0.999. The Kier molecular flexibility index (Phi) is 4.23.